The van der Waals surface area contributed by atoms with Gasteiger partial charge in [-0.05, 0) is 37.0 Å². The first kappa shape index (κ1) is 24.8. The van der Waals surface area contributed by atoms with Gasteiger partial charge in [0.15, 0.2) is 5.96 Å². The summed E-state index contributed by atoms with van der Waals surface area (Å²) in [5.41, 5.74) is 27.9. The molecule has 0 saturated carbocycles. The van der Waals surface area contributed by atoms with E-state index in [-0.39, 0.29) is 18.1 Å². The molecule has 0 fully saturated rings. The van der Waals surface area contributed by atoms with E-state index in [0.29, 0.717) is 24.9 Å². The molecule has 1 aromatic carbocycles. The van der Waals surface area contributed by atoms with Crippen molar-refractivity contribution in [1.82, 2.24) is 0 Å². The van der Waals surface area contributed by atoms with Gasteiger partial charge in [0.2, 0.25) is 0 Å². The Hall–Kier alpha value is -3.22. The van der Waals surface area contributed by atoms with Crippen molar-refractivity contribution < 1.29 is 29.0 Å². The summed E-state index contributed by atoms with van der Waals surface area (Å²) in [5.74, 6) is -2.47. The third-order valence-electron chi connectivity index (χ3n) is 3.89. The molecule has 12 heteroatoms. The van der Waals surface area contributed by atoms with Crippen LogP contribution in [-0.2, 0) is 25.5 Å². The summed E-state index contributed by atoms with van der Waals surface area (Å²) in [6.45, 7) is -0.0684. The summed E-state index contributed by atoms with van der Waals surface area (Å²) in [6.07, 6.45) is 0.911. The minimum absolute atomic E-state index is 0.0471. The molecule has 12 nitrogen and oxygen atoms in total. The van der Waals surface area contributed by atoms with Crippen LogP contribution in [0, 0.1) is 0 Å². The molecule has 0 aromatic heterocycles. The molecule has 166 valence electrons. The van der Waals surface area contributed by atoms with Gasteiger partial charge in [-0.3, -0.25) is 14.6 Å². The van der Waals surface area contributed by atoms with Gasteiger partial charge in [-0.2, -0.15) is 0 Å². The van der Waals surface area contributed by atoms with Crippen LogP contribution in [-0.4, -0.2) is 60.3 Å². The van der Waals surface area contributed by atoms with E-state index in [4.69, 9.17) is 43.2 Å². The van der Waals surface area contributed by atoms with Gasteiger partial charge in [0.1, 0.15) is 30.5 Å². The van der Waals surface area contributed by atoms with Crippen LogP contribution in [0.5, 0.6) is 5.75 Å². The smallest absolute Gasteiger partial charge is 0.331 e. The van der Waals surface area contributed by atoms with Crippen LogP contribution in [0.4, 0.5) is 0 Å². The number of aliphatic carboxylic acids is 1. The van der Waals surface area contributed by atoms with Crippen LogP contribution in [0.15, 0.2) is 29.3 Å². The normalized spacial score (nSPS) is 13.6. The Morgan fingerprint density at radius 3 is 2.17 bits per heavy atom. The van der Waals surface area contributed by atoms with Gasteiger partial charge in [0.05, 0.1) is 0 Å². The fraction of sp³-hybridized carbons (Fsp3) is 0.444. The molecule has 0 heterocycles. The largest absolute Gasteiger partial charge is 0.480 e. The zero-order valence-electron chi connectivity index (χ0n) is 16.4. The molecule has 0 radical (unpaired) electrons. The van der Waals surface area contributed by atoms with Crippen molar-refractivity contribution in [2.75, 3.05) is 13.2 Å². The van der Waals surface area contributed by atoms with Crippen LogP contribution >= 0.6 is 0 Å². The number of carboxylic acid groups (broad SMARTS) is 1. The standard InChI is InChI=1S/C18H28N6O6/c19-12(2-1-7-24-18(22)23)16(27)29-9-14(21)17(28)30-11-5-3-10(4-6-11)8-13(20)15(25)26/h3-6,12-14H,1-2,7-9,19-21H2,(H,25,26)(H4,22,23,24)/t12-,13-,14-/m0/s1. The number of ether oxygens (including phenoxy) is 2. The molecule has 0 amide bonds. The molecule has 0 spiro atoms. The van der Waals surface area contributed by atoms with Gasteiger partial charge < -0.3 is 43.2 Å². The van der Waals surface area contributed by atoms with Gasteiger partial charge in [-0.15, -0.1) is 0 Å². The number of rotatable bonds is 12. The van der Waals surface area contributed by atoms with Crippen LogP contribution in [0.3, 0.4) is 0 Å². The zero-order valence-corrected chi connectivity index (χ0v) is 16.4. The van der Waals surface area contributed by atoms with Crippen molar-refractivity contribution in [3.63, 3.8) is 0 Å². The second-order valence-corrected chi connectivity index (χ2v) is 6.51. The van der Waals surface area contributed by atoms with E-state index in [0.717, 1.165) is 0 Å². The molecule has 0 saturated heterocycles. The number of aliphatic imine (C=N–C) groups is 1. The SMILES string of the molecule is NC(N)=NCCC[C@H](N)C(=O)OC[C@H](N)C(=O)Oc1ccc(C[C@H](N)C(=O)O)cc1. The fourth-order valence-corrected chi connectivity index (χ4v) is 2.21. The van der Waals surface area contributed by atoms with Crippen molar-refractivity contribution in [1.29, 1.82) is 0 Å². The molecule has 0 aliphatic carbocycles. The van der Waals surface area contributed by atoms with E-state index in [2.05, 4.69) is 4.99 Å². The highest BCUT2D eigenvalue weighted by Crippen LogP contribution is 2.14. The number of nitrogens with zero attached hydrogens (tertiary/aromatic N) is 1. The van der Waals surface area contributed by atoms with E-state index in [1.165, 1.54) is 12.1 Å². The second-order valence-electron chi connectivity index (χ2n) is 6.51. The maximum Gasteiger partial charge on any atom is 0.331 e. The lowest BCUT2D eigenvalue weighted by Crippen LogP contribution is -2.41. The van der Waals surface area contributed by atoms with Crippen molar-refractivity contribution >= 4 is 23.9 Å². The lowest BCUT2D eigenvalue weighted by atomic mass is 10.1. The number of hydrogen-bond acceptors (Lipinski definition) is 9. The minimum atomic E-state index is -1.21. The first-order valence-electron chi connectivity index (χ1n) is 9.12. The van der Waals surface area contributed by atoms with Crippen LogP contribution < -0.4 is 33.4 Å². The molecule has 3 atom stereocenters. The quantitative estimate of drug-likeness (QED) is 0.0692. The van der Waals surface area contributed by atoms with Gasteiger partial charge in [-0.25, -0.2) is 4.79 Å². The second kappa shape index (κ2) is 12.4. The number of hydrogen-bond donors (Lipinski definition) is 6. The monoisotopic (exact) mass is 424 g/mol. The molecule has 1 aromatic rings. The molecule has 0 aliphatic heterocycles. The molecule has 0 unspecified atom stereocenters. The van der Waals surface area contributed by atoms with Gasteiger partial charge in [0.25, 0.3) is 0 Å². The lowest BCUT2D eigenvalue weighted by Gasteiger charge is -2.14. The number of nitrogens with two attached hydrogens (primary N) is 5. The lowest BCUT2D eigenvalue weighted by molar-refractivity contribution is -0.148. The predicted molar refractivity (Wildman–Crippen MR) is 108 cm³/mol. The van der Waals surface area contributed by atoms with Crippen molar-refractivity contribution in [2.45, 2.75) is 37.4 Å². The maximum atomic E-state index is 12.0. The Balaban J connectivity index is 2.41. The van der Waals surface area contributed by atoms with Gasteiger partial charge in [0, 0.05) is 6.54 Å². The highest BCUT2D eigenvalue weighted by molar-refractivity contribution is 5.80. The maximum absolute atomic E-state index is 12.0. The van der Waals surface area contributed by atoms with Gasteiger partial charge in [-0.1, -0.05) is 12.1 Å². The van der Waals surface area contributed by atoms with Crippen molar-refractivity contribution in [3.8, 4) is 5.75 Å². The van der Waals surface area contributed by atoms with Crippen molar-refractivity contribution in [3.05, 3.63) is 29.8 Å². The first-order chi connectivity index (χ1) is 14.1. The third kappa shape index (κ3) is 9.32. The fourth-order valence-electron chi connectivity index (χ4n) is 2.21. The number of carbonyl (C=O) groups is 3. The van der Waals surface area contributed by atoms with E-state index >= 15 is 0 Å². The predicted octanol–water partition coefficient (Wildman–Crippen LogP) is -2.20. The zero-order chi connectivity index (χ0) is 22.7. The summed E-state index contributed by atoms with van der Waals surface area (Å²) in [4.78, 5) is 38.4. The summed E-state index contributed by atoms with van der Waals surface area (Å²) in [6, 6.07) is 2.99. The van der Waals surface area contributed by atoms with Gasteiger partial charge >= 0.3 is 17.9 Å². The van der Waals surface area contributed by atoms with E-state index < -0.39 is 42.6 Å². The summed E-state index contributed by atoms with van der Waals surface area (Å²) in [7, 11) is 0. The topological polar surface area (TPSA) is 232 Å². The number of esters is 2. The van der Waals surface area contributed by atoms with E-state index in [9.17, 15) is 14.4 Å². The highest BCUT2D eigenvalue weighted by atomic mass is 16.6. The van der Waals surface area contributed by atoms with Crippen molar-refractivity contribution in [2.24, 2.45) is 33.7 Å². The summed E-state index contributed by atoms with van der Waals surface area (Å²) < 4.78 is 10.0. The molecule has 1 rings (SSSR count). The number of benzene rings is 1. The third-order valence-corrected chi connectivity index (χ3v) is 3.89. The molecule has 0 bridgehead atoms. The van der Waals surface area contributed by atoms with Crippen LogP contribution in [0.1, 0.15) is 18.4 Å². The number of carbonyl (C=O) groups excluding carboxylic acids is 2. The summed E-state index contributed by atoms with van der Waals surface area (Å²) in [5, 5.41) is 8.81. The molecular formula is C18H28N6O6. The van der Waals surface area contributed by atoms with Crippen LogP contribution in [0.25, 0.3) is 0 Å². The Labute approximate surface area is 173 Å². The minimum Gasteiger partial charge on any atom is -0.480 e. The molecule has 0 aliphatic rings. The van der Waals surface area contributed by atoms with Crippen LogP contribution in [0.2, 0.25) is 0 Å². The Morgan fingerprint density at radius 1 is 0.967 bits per heavy atom. The average Bonchev–Trinajstić information content (AvgIpc) is 2.69. The Morgan fingerprint density at radius 2 is 1.60 bits per heavy atom. The molecular weight excluding hydrogens is 396 g/mol. The van der Waals surface area contributed by atoms with E-state index in [1.54, 1.807) is 12.1 Å². The first-order valence-corrected chi connectivity index (χ1v) is 9.12. The molecule has 11 N–H and O–H groups in total. The Bertz CT molecular complexity index is 750. The Kier molecular flexibility index (Phi) is 10.2. The van der Waals surface area contributed by atoms with E-state index in [1.807, 2.05) is 0 Å². The highest BCUT2D eigenvalue weighted by Gasteiger charge is 2.21. The average molecular weight is 424 g/mol. The number of guanidine groups is 1. The summed E-state index contributed by atoms with van der Waals surface area (Å²) >= 11 is 0. The number of carboxylic acids is 1. The molecule has 30 heavy (non-hydrogen) atoms.